The highest BCUT2D eigenvalue weighted by molar-refractivity contribution is 5.83. The van der Waals surface area contributed by atoms with Crippen LogP contribution in [0.3, 0.4) is 0 Å². The van der Waals surface area contributed by atoms with Gasteiger partial charge < -0.3 is 14.3 Å². The second-order valence-corrected chi connectivity index (χ2v) is 10.7. The molecular weight excluding hydrogens is 480 g/mol. The van der Waals surface area contributed by atoms with Crippen LogP contribution in [0.15, 0.2) is 45.7 Å². The van der Waals surface area contributed by atoms with Crippen molar-refractivity contribution in [3.63, 3.8) is 0 Å². The third-order valence-corrected chi connectivity index (χ3v) is 7.97. The number of unbranched alkanes of at least 4 members (excludes halogenated alkanes) is 2. The number of oxazole rings is 1. The number of hydrogen-bond donors (Lipinski definition) is 1. The quantitative estimate of drug-likeness (QED) is 0.262. The highest BCUT2D eigenvalue weighted by atomic mass is 16.4. The van der Waals surface area contributed by atoms with Crippen LogP contribution in [-0.2, 0) is 22.3 Å². The van der Waals surface area contributed by atoms with Crippen LogP contribution in [0.4, 0.5) is 0 Å². The van der Waals surface area contributed by atoms with Crippen LogP contribution in [-0.4, -0.2) is 40.2 Å². The first-order valence-corrected chi connectivity index (χ1v) is 13.8. The molecule has 1 fully saturated rings. The average molecular weight is 521 g/mol. The zero-order valence-corrected chi connectivity index (χ0v) is 23.1. The minimum Gasteiger partial charge on any atom is -0.437 e. The van der Waals surface area contributed by atoms with Gasteiger partial charge in [-0.1, -0.05) is 44.4 Å². The number of nitrogens with zero attached hydrogens (tertiary/aromatic N) is 3. The van der Waals surface area contributed by atoms with Gasteiger partial charge in [-0.2, -0.15) is 0 Å². The van der Waals surface area contributed by atoms with Crippen molar-refractivity contribution in [1.29, 1.82) is 0 Å². The smallest absolute Gasteiger partial charge is 0.261 e. The summed E-state index contributed by atoms with van der Waals surface area (Å²) in [6.45, 7) is 1.89. The Balaban J connectivity index is 1.67. The highest BCUT2D eigenvalue weighted by Crippen LogP contribution is 2.34. The van der Waals surface area contributed by atoms with Crippen LogP contribution in [0.25, 0.3) is 22.2 Å². The monoisotopic (exact) mass is 520 g/mol. The second-order valence-electron chi connectivity index (χ2n) is 10.7. The number of pyridine rings is 1. The van der Waals surface area contributed by atoms with Crippen molar-refractivity contribution in [2.75, 3.05) is 14.1 Å². The number of Topliss-reactive ketones (excluding diaryl/α,β-unsaturated/α-hetero) is 1. The molecule has 2 heterocycles. The van der Waals surface area contributed by atoms with E-state index >= 15 is 0 Å². The molecule has 0 spiro atoms. The summed E-state index contributed by atoms with van der Waals surface area (Å²) >= 11 is 0. The Kier molecular flexibility index (Phi) is 8.82. The van der Waals surface area contributed by atoms with Gasteiger partial charge in [0.25, 0.3) is 5.56 Å². The van der Waals surface area contributed by atoms with E-state index in [4.69, 9.17) is 4.42 Å². The van der Waals surface area contributed by atoms with Crippen molar-refractivity contribution in [3.8, 4) is 11.3 Å². The number of aromatic nitrogens is 2. The van der Waals surface area contributed by atoms with E-state index in [1.807, 2.05) is 56.3 Å². The molecule has 8 nitrogen and oxygen atoms in total. The Bertz CT molecular complexity index is 1340. The topological polar surface area (TPSA) is 97.4 Å². The largest absolute Gasteiger partial charge is 0.437 e. The van der Waals surface area contributed by atoms with Crippen molar-refractivity contribution in [2.24, 2.45) is 13.0 Å². The maximum atomic E-state index is 13.4. The summed E-state index contributed by atoms with van der Waals surface area (Å²) < 4.78 is 7.94. The predicted octanol–water partition coefficient (Wildman–Crippen LogP) is 5.14. The average Bonchev–Trinajstić information content (AvgIpc) is 3.63. The molecular formula is C30H40N4O4. The van der Waals surface area contributed by atoms with Crippen LogP contribution in [0.5, 0.6) is 0 Å². The summed E-state index contributed by atoms with van der Waals surface area (Å²) in [6, 6.07) is 9.55. The summed E-state index contributed by atoms with van der Waals surface area (Å²) in [5.74, 6) is 1.01. The lowest BCUT2D eigenvalue weighted by Crippen LogP contribution is -2.56. The minimum absolute atomic E-state index is 0.0127. The van der Waals surface area contributed by atoms with Gasteiger partial charge in [0, 0.05) is 25.8 Å². The molecule has 4 rings (SSSR count). The van der Waals surface area contributed by atoms with Crippen LogP contribution in [0.2, 0.25) is 0 Å². The van der Waals surface area contributed by atoms with Crippen molar-refractivity contribution in [1.82, 2.24) is 19.8 Å². The van der Waals surface area contributed by atoms with E-state index in [1.54, 1.807) is 17.8 Å². The lowest BCUT2D eigenvalue weighted by atomic mass is 9.96. The fourth-order valence-corrected chi connectivity index (χ4v) is 5.49. The van der Waals surface area contributed by atoms with Gasteiger partial charge in [-0.15, -0.1) is 0 Å². The summed E-state index contributed by atoms with van der Waals surface area (Å²) in [6.07, 6.45) is 9.66. The highest BCUT2D eigenvalue weighted by Gasteiger charge is 2.42. The molecule has 1 aliphatic rings. The third kappa shape index (κ3) is 5.75. The van der Waals surface area contributed by atoms with Crippen molar-refractivity contribution < 1.29 is 14.0 Å². The summed E-state index contributed by atoms with van der Waals surface area (Å²) in [4.78, 5) is 44.9. The van der Waals surface area contributed by atoms with E-state index in [1.165, 1.54) is 0 Å². The van der Waals surface area contributed by atoms with Gasteiger partial charge >= 0.3 is 0 Å². The zero-order chi connectivity index (χ0) is 27.3. The molecule has 3 aromatic rings. The van der Waals surface area contributed by atoms with E-state index in [0.717, 1.165) is 55.8 Å². The van der Waals surface area contributed by atoms with Crippen LogP contribution in [0, 0.1) is 5.92 Å². The van der Waals surface area contributed by atoms with Gasteiger partial charge in [0.1, 0.15) is 5.78 Å². The molecule has 1 aromatic carbocycles. The number of fused-ring (bicyclic) bond motifs is 1. The van der Waals surface area contributed by atoms with Crippen molar-refractivity contribution in [2.45, 2.75) is 76.8 Å². The van der Waals surface area contributed by atoms with Crippen LogP contribution >= 0.6 is 0 Å². The molecule has 0 saturated heterocycles. The lowest BCUT2D eigenvalue weighted by molar-refractivity contribution is -0.130. The lowest BCUT2D eigenvalue weighted by Gasteiger charge is -2.38. The summed E-state index contributed by atoms with van der Waals surface area (Å²) in [5, 5.41) is 4.23. The van der Waals surface area contributed by atoms with E-state index in [-0.39, 0.29) is 23.2 Å². The number of aryl methyl sites for hydroxylation is 1. The molecule has 1 saturated carbocycles. The molecule has 1 amide bonds. The molecule has 38 heavy (non-hydrogen) atoms. The first-order valence-electron chi connectivity index (χ1n) is 13.8. The number of benzene rings is 1. The van der Waals surface area contributed by atoms with Crippen LogP contribution in [0.1, 0.15) is 77.0 Å². The number of rotatable bonds is 12. The number of hydrogen-bond acceptors (Lipinski definition) is 6. The predicted molar refractivity (Wildman–Crippen MR) is 149 cm³/mol. The molecule has 2 aromatic heterocycles. The number of carbonyl (C=O) groups is 2. The Morgan fingerprint density at radius 3 is 2.61 bits per heavy atom. The maximum absolute atomic E-state index is 13.4. The molecule has 1 N–H and O–H groups in total. The first-order chi connectivity index (χ1) is 18.3. The normalized spacial score (nSPS) is 15.7. The summed E-state index contributed by atoms with van der Waals surface area (Å²) in [7, 11) is 5.57. The summed E-state index contributed by atoms with van der Waals surface area (Å²) in [5.41, 5.74) is 0.138. The Labute approximate surface area is 224 Å². The molecule has 0 aliphatic heterocycles. The number of carbonyl (C=O) groups excluding carboxylic acids is 2. The fourth-order valence-electron chi connectivity index (χ4n) is 5.49. The minimum atomic E-state index is -0.964. The second kappa shape index (κ2) is 12.1. The Morgan fingerprint density at radius 1 is 1.16 bits per heavy atom. The van der Waals surface area contributed by atoms with Gasteiger partial charge in [-0.05, 0) is 63.7 Å². The van der Waals surface area contributed by atoms with Crippen molar-refractivity contribution in [3.05, 3.63) is 52.8 Å². The zero-order valence-electron chi connectivity index (χ0n) is 23.1. The number of para-hydroxylation sites is 1. The maximum Gasteiger partial charge on any atom is 0.261 e. The molecule has 0 bridgehead atoms. The van der Waals surface area contributed by atoms with E-state index in [2.05, 4.69) is 10.3 Å². The number of nitrogens with one attached hydrogen (secondary N) is 1. The van der Waals surface area contributed by atoms with E-state index < -0.39 is 5.66 Å². The Hall–Kier alpha value is -3.26. The standard InChI is InChI=1S/C30H40N4O4/c1-5-23(35)16-7-6-12-18-30(33(2)3,32-27(36)21-13-8-9-14-21)29-31-20-26(38-29)24-19-22-15-10-11-17-25(22)34(4)28(24)37/h10-11,15,17,19-21H,5-9,12-14,16,18H2,1-4H3,(H,32,36)/t30-/m0/s1. The molecule has 204 valence electrons. The van der Waals surface area contributed by atoms with Gasteiger partial charge in [0.05, 0.1) is 17.3 Å². The molecule has 8 heteroatoms. The SMILES string of the molecule is CCC(=O)CCCCC[C@@](NC(=O)C1CCCC1)(c1ncc(-c2cc3ccccc3n(C)c2=O)o1)N(C)C. The van der Waals surface area contributed by atoms with Gasteiger partial charge in [0.15, 0.2) is 11.4 Å². The molecule has 0 unspecified atom stereocenters. The Morgan fingerprint density at radius 2 is 1.89 bits per heavy atom. The third-order valence-electron chi connectivity index (χ3n) is 7.97. The molecule has 0 radical (unpaired) electrons. The molecule has 1 aliphatic carbocycles. The number of ketones is 1. The van der Waals surface area contributed by atoms with Gasteiger partial charge in [0.2, 0.25) is 11.8 Å². The van der Waals surface area contributed by atoms with Gasteiger partial charge in [-0.3, -0.25) is 19.3 Å². The molecule has 1 atom stereocenters. The number of amides is 1. The first kappa shape index (κ1) is 27.8. The van der Waals surface area contributed by atoms with Gasteiger partial charge in [-0.25, -0.2) is 4.98 Å². The fraction of sp³-hybridized carbons (Fsp3) is 0.533. The van der Waals surface area contributed by atoms with Crippen LogP contribution < -0.4 is 10.9 Å². The van der Waals surface area contributed by atoms with Crippen molar-refractivity contribution >= 4 is 22.6 Å². The van der Waals surface area contributed by atoms with E-state index in [9.17, 15) is 14.4 Å². The van der Waals surface area contributed by atoms with E-state index in [0.29, 0.717) is 36.5 Å².